The quantitative estimate of drug-likeness (QED) is 0.470. The van der Waals surface area contributed by atoms with E-state index in [-0.39, 0.29) is 24.2 Å². The van der Waals surface area contributed by atoms with Gasteiger partial charge in [-0.2, -0.15) is 0 Å². The number of ketones is 1. The van der Waals surface area contributed by atoms with Crippen molar-refractivity contribution in [2.24, 2.45) is 0 Å². The van der Waals surface area contributed by atoms with Gasteiger partial charge in [-0.25, -0.2) is 4.79 Å². The third kappa shape index (κ3) is 8.00. The van der Waals surface area contributed by atoms with Crippen LogP contribution in [-0.4, -0.2) is 110 Å². The number of carbonyl (C=O) groups excluding carboxylic acids is 3. The first kappa shape index (κ1) is 28.5. The number of methoxy groups -OCH3 is 1. The molecule has 39 heavy (non-hydrogen) atoms. The van der Waals surface area contributed by atoms with Crippen LogP contribution in [0.5, 0.6) is 5.75 Å². The van der Waals surface area contributed by atoms with Crippen LogP contribution in [0.3, 0.4) is 0 Å². The van der Waals surface area contributed by atoms with Gasteiger partial charge in [-0.3, -0.25) is 14.5 Å². The fraction of sp³-hybridized carbons (Fsp3) is 0.522. The molecule has 0 atom stereocenters. The number of benzene rings is 1. The van der Waals surface area contributed by atoms with Gasteiger partial charge in [-0.1, -0.05) is 11.3 Å². The number of halogens is 3. The Kier molecular flexibility index (Phi) is 9.19. The van der Waals surface area contributed by atoms with E-state index >= 15 is 0 Å². The molecule has 1 aromatic carbocycles. The van der Waals surface area contributed by atoms with Crippen LogP contribution in [0.4, 0.5) is 28.8 Å². The van der Waals surface area contributed by atoms with Crippen molar-refractivity contribution in [2.75, 3.05) is 76.4 Å². The highest BCUT2D eigenvalue weighted by Gasteiger charge is 2.33. The lowest BCUT2D eigenvalue weighted by Crippen LogP contribution is -2.48. The molecule has 16 heteroatoms. The molecule has 0 saturated carbocycles. The van der Waals surface area contributed by atoms with Gasteiger partial charge in [-0.05, 0) is 18.2 Å². The molecule has 0 unspecified atom stereocenters. The first-order chi connectivity index (χ1) is 18.6. The molecular formula is C23H27F3N6O6S. The van der Waals surface area contributed by atoms with Crippen LogP contribution in [0.1, 0.15) is 15.4 Å². The van der Waals surface area contributed by atoms with Crippen LogP contribution in [0.25, 0.3) is 0 Å². The van der Waals surface area contributed by atoms with Gasteiger partial charge >= 0.3 is 12.5 Å². The van der Waals surface area contributed by atoms with E-state index in [4.69, 9.17) is 9.47 Å². The zero-order valence-corrected chi connectivity index (χ0v) is 21.8. The monoisotopic (exact) mass is 572 g/mol. The zero-order valence-electron chi connectivity index (χ0n) is 21.0. The zero-order chi connectivity index (χ0) is 28.0. The predicted octanol–water partition coefficient (Wildman–Crippen LogP) is 2.02. The second-order valence-electron chi connectivity index (χ2n) is 8.72. The summed E-state index contributed by atoms with van der Waals surface area (Å²) in [4.78, 5) is 42.5. The molecule has 0 aliphatic carbocycles. The average molecular weight is 573 g/mol. The van der Waals surface area contributed by atoms with Crippen molar-refractivity contribution in [1.82, 2.24) is 20.0 Å². The van der Waals surface area contributed by atoms with Crippen molar-refractivity contribution in [3.05, 3.63) is 28.8 Å². The molecule has 0 spiro atoms. The number of rotatable bonds is 8. The van der Waals surface area contributed by atoms with Gasteiger partial charge in [0.15, 0.2) is 11.5 Å². The fourth-order valence-corrected chi connectivity index (χ4v) is 4.95. The number of alkyl halides is 3. The van der Waals surface area contributed by atoms with Crippen molar-refractivity contribution in [2.45, 2.75) is 12.8 Å². The van der Waals surface area contributed by atoms with Crippen LogP contribution in [0.2, 0.25) is 0 Å². The molecule has 2 fully saturated rings. The molecule has 1 aromatic heterocycles. The lowest BCUT2D eigenvalue weighted by atomic mass is 10.1. The van der Waals surface area contributed by atoms with Crippen molar-refractivity contribution in [3.63, 3.8) is 0 Å². The van der Waals surface area contributed by atoms with Crippen molar-refractivity contribution in [1.29, 1.82) is 0 Å². The molecule has 212 valence electrons. The van der Waals surface area contributed by atoms with E-state index in [9.17, 15) is 27.6 Å². The van der Waals surface area contributed by atoms with Crippen LogP contribution in [-0.2, 0) is 20.7 Å². The number of nitrogens with zero attached hydrogens (tertiary/aromatic N) is 5. The molecule has 2 saturated heterocycles. The highest BCUT2D eigenvalue weighted by atomic mass is 32.1. The lowest BCUT2D eigenvalue weighted by molar-refractivity contribution is -0.274. The molecule has 2 aromatic rings. The molecular weight excluding hydrogens is 545 g/mol. The smallest absolute Gasteiger partial charge is 0.453 e. The number of hydrogen-bond acceptors (Lipinski definition) is 11. The van der Waals surface area contributed by atoms with E-state index in [1.165, 1.54) is 24.5 Å². The summed E-state index contributed by atoms with van der Waals surface area (Å²) in [5.74, 6) is -1.59. The van der Waals surface area contributed by atoms with E-state index in [1.807, 2.05) is 4.90 Å². The number of amides is 2. The van der Waals surface area contributed by atoms with Crippen molar-refractivity contribution >= 4 is 39.9 Å². The molecule has 3 heterocycles. The topological polar surface area (TPSA) is 126 Å². The molecule has 12 nitrogen and oxygen atoms in total. The Morgan fingerprint density at radius 1 is 1.08 bits per heavy atom. The molecule has 2 aliphatic rings. The Bertz CT molecular complexity index is 1180. The van der Waals surface area contributed by atoms with Crippen LogP contribution in [0, 0.1) is 0 Å². The molecule has 4 rings (SSSR count). The normalized spacial score (nSPS) is 16.6. The highest BCUT2D eigenvalue weighted by molar-refractivity contribution is 7.15. The maximum atomic E-state index is 13.0. The number of piperazine rings is 1. The van der Waals surface area contributed by atoms with Crippen LogP contribution >= 0.6 is 11.3 Å². The van der Waals surface area contributed by atoms with Crippen molar-refractivity contribution in [3.8, 4) is 5.75 Å². The summed E-state index contributed by atoms with van der Waals surface area (Å²) in [6.07, 6.45) is -5.53. The minimum absolute atomic E-state index is 0.0472. The van der Waals surface area contributed by atoms with Gasteiger partial charge in [0.2, 0.25) is 11.0 Å². The standard InChI is InChI=1S/C23H27F3N6O6S/c1-36-22(35)32-6-4-31(5-7-32)21-29-28-20(39-21)13-17(33)15-2-3-18(38-23(24,25)26)16(12-15)27-19(34)14-30-8-10-37-11-9-30/h2-3,12H,4-11,13-14H2,1H3,(H,27,34). The number of aromatic nitrogens is 2. The third-order valence-electron chi connectivity index (χ3n) is 6.02. The van der Waals surface area contributed by atoms with E-state index in [2.05, 4.69) is 20.3 Å². The predicted molar refractivity (Wildman–Crippen MR) is 133 cm³/mol. The number of hydrogen-bond donors (Lipinski definition) is 1. The summed E-state index contributed by atoms with van der Waals surface area (Å²) in [5.41, 5.74) is -0.187. The van der Waals surface area contributed by atoms with E-state index in [1.54, 1.807) is 9.80 Å². The van der Waals surface area contributed by atoms with Crippen LogP contribution < -0.4 is 15.0 Å². The Morgan fingerprint density at radius 3 is 2.46 bits per heavy atom. The first-order valence-corrected chi connectivity index (χ1v) is 12.9. The minimum atomic E-state index is -4.99. The lowest BCUT2D eigenvalue weighted by Gasteiger charge is -2.33. The van der Waals surface area contributed by atoms with Gasteiger partial charge in [0, 0.05) is 44.8 Å². The minimum Gasteiger partial charge on any atom is -0.453 e. The summed E-state index contributed by atoms with van der Waals surface area (Å²) in [7, 11) is 1.32. The summed E-state index contributed by atoms with van der Waals surface area (Å²) >= 11 is 1.21. The second-order valence-corrected chi connectivity index (χ2v) is 9.76. The Hall–Kier alpha value is -3.50. The molecule has 2 aliphatic heterocycles. The fourth-order valence-electron chi connectivity index (χ4n) is 4.06. The Labute approximate surface area is 225 Å². The van der Waals surface area contributed by atoms with Gasteiger partial charge in [0.1, 0.15) is 5.01 Å². The number of anilines is 2. The first-order valence-electron chi connectivity index (χ1n) is 12.0. The molecule has 0 bridgehead atoms. The van der Waals surface area contributed by atoms with Gasteiger partial charge in [-0.15, -0.1) is 23.4 Å². The average Bonchev–Trinajstić information content (AvgIpc) is 3.37. The van der Waals surface area contributed by atoms with Gasteiger partial charge in [0.05, 0.1) is 39.0 Å². The largest absolute Gasteiger partial charge is 0.573 e. The summed E-state index contributed by atoms with van der Waals surface area (Å²) < 4.78 is 52.9. The van der Waals surface area contributed by atoms with E-state index in [0.717, 1.165) is 12.1 Å². The van der Waals surface area contributed by atoms with E-state index in [0.29, 0.717) is 62.6 Å². The molecule has 2 amide bonds. The van der Waals surface area contributed by atoms with Gasteiger partial charge < -0.3 is 29.3 Å². The molecule has 1 N–H and O–H groups in total. The number of carbonyl (C=O) groups is 3. The number of ether oxygens (including phenoxy) is 3. The molecule has 0 radical (unpaired) electrons. The maximum absolute atomic E-state index is 13.0. The van der Waals surface area contributed by atoms with Crippen molar-refractivity contribution < 1.29 is 41.8 Å². The summed E-state index contributed by atoms with van der Waals surface area (Å²) in [6, 6.07) is 3.36. The van der Waals surface area contributed by atoms with Gasteiger partial charge in [0.25, 0.3) is 0 Å². The number of Topliss-reactive ketones (excluding diaryl/α,β-unsaturated/α-hetero) is 1. The summed E-state index contributed by atoms with van der Waals surface area (Å²) in [5, 5.41) is 11.6. The maximum Gasteiger partial charge on any atom is 0.573 e. The Balaban J connectivity index is 1.42. The second kappa shape index (κ2) is 12.6. The van der Waals surface area contributed by atoms with E-state index < -0.39 is 29.9 Å². The highest BCUT2D eigenvalue weighted by Crippen LogP contribution is 2.32. The summed E-state index contributed by atoms with van der Waals surface area (Å²) in [6.45, 7) is 3.84. The van der Waals surface area contributed by atoms with Crippen LogP contribution in [0.15, 0.2) is 18.2 Å². The Morgan fingerprint density at radius 2 is 1.79 bits per heavy atom. The third-order valence-corrected chi connectivity index (χ3v) is 7.01. The SMILES string of the molecule is COC(=O)N1CCN(c2nnc(CC(=O)c3ccc(OC(F)(F)F)c(NC(=O)CN4CCOCC4)c3)s2)CC1. The number of nitrogens with one attached hydrogen (secondary N) is 1. The number of morpholine rings is 1.